The molecule has 0 unspecified atom stereocenters. The highest BCUT2D eigenvalue weighted by Crippen LogP contribution is 2.36. The number of benzene rings is 1. The molecule has 2 rings (SSSR count). The Labute approximate surface area is 119 Å². The minimum atomic E-state index is -3.43. The molecule has 0 spiro atoms. The molecule has 7 heteroatoms. The second-order valence-electron chi connectivity index (χ2n) is 6.04. The predicted octanol–water partition coefficient (Wildman–Crippen LogP) is 1.53. The van der Waals surface area contributed by atoms with Gasteiger partial charge in [0.05, 0.1) is 16.1 Å². The van der Waals surface area contributed by atoms with E-state index < -0.39 is 34.0 Å². The molecule has 0 bridgehead atoms. The van der Waals surface area contributed by atoms with Crippen LogP contribution >= 0.6 is 0 Å². The quantitative estimate of drug-likeness (QED) is 0.777. The Morgan fingerprint density at radius 2 is 1.60 bits per heavy atom. The van der Waals surface area contributed by atoms with Crippen molar-refractivity contribution in [3.05, 3.63) is 24.0 Å². The van der Waals surface area contributed by atoms with E-state index in [0.717, 1.165) is 12.3 Å². The Morgan fingerprint density at radius 1 is 1.10 bits per heavy atom. The van der Waals surface area contributed by atoms with Gasteiger partial charge in [0.1, 0.15) is 5.82 Å². The van der Waals surface area contributed by atoms with Crippen LogP contribution in [0, 0.1) is 5.82 Å². The van der Waals surface area contributed by atoms with Crippen LogP contribution < -0.4 is 5.46 Å². The van der Waals surface area contributed by atoms with Crippen molar-refractivity contribution in [2.24, 2.45) is 0 Å². The van der Waals surface area contributed by atoms with E-state index in [2.05, 4.69) is 0 Å². The van der Waals surface area contributed by atoms with Gasteiger partial charge < -0.3 is 9.31 Å². The number of rotatable bonds is 2. The summed E-state index contributed by atoms with van der Waals surface area (Å²) in [6, 6.07) is 3.75. The normalized spacial score (nSPS) is 21.2. The highest BCUT2D eigenvalue weighted by molar-refractivity contribution is 7.90. The number of halogens is 1. The zero-order valence-corrected chi connectivity index (χ0v) is 13.0. The van der Waals surface area contributed by atoms with Crippen LogP contribution in [0.2, 0.25) is 0 Å². The molecule has 4 nitrogen and oxygen atoms in total. The van der Waals surface area contributed by atoms with Crippen LogP contribution in [0.4, 0.5) is 4.39 Å². The minimum Gasteiger partial charge on any atom is -0.399 e. The summed E-state index contributed by atoms with van der Waals surface area (Å²) in [5.74, 6) is -0.647. The van der Waals surface area contributed by atoms with Gasteiger partial charge in [-0.1, -0.05) is 6.07 Å². The van der Waals surface area contributed by atoms with Gasteiger partial charge in [-0.05, 0) is 39.8 Å². The summed E-state index contributed by atoms with van der Waals surface area (Å²) in [7, 11) is -4.27. The molecule has 1 heterocycles. The maximum atomic E-state index is 14.1. The van der Waals surface area contributed by atoms with Gasteiger partial charge in [0, 0.05) is 11.7 Å². The summed E-state index contributed by atoms with van der Waals surface area (Å²) < 4.78 is 48.4. The number of hydrogen-bond donors (Lipinski definition) is 0. The highest BCUT2D eigenvalue weighted by Gasteiger charge is 2.52. The number of sulfone groups is 1. The molecule has 0 radical (unpaired) electrons. The maximum Gasteiger partial charge on any atom is 0.497 e. The molecule has 1 aliphatic heterocycles. The Bertz CT molecular complexity index is 624. The van der Waals surface area contributed by atoms with E-state index in [0.29, 0.717) is 0 Å². The fraction of sp³-hybridized carbons (Fsp3) is 0.538. The zero-order valence-electron chi connectivity index (χ0n) is 12.2. The van der Waals surface area contributed by atoms with Crippen LogP contribution in [0.1, 0.15) is 27.7 Å². The second kappa shape index (κ2) is 4.54. The lowest BCUT2D eigenvalue weighted by atomic mass is 9.79. The molecule has 110 valence electrons. The van der Waals surface area contributed by atoms with Gasteiger partial charge in [0.25, 0.3) is 0 Å². The molecule has 20 heavy (non-hydrogen) atoms. The molecule has 1 aromatic rings. The molecular formula is C13H18BFO4S. The van der Waals surface area contributed by atoms with Crippen LogP contribution in [0.15, 0.2) is 23.1 Å². The molecule has 0 atom stereocenters. The summed E-state index contributed by atoms with van der Waals surface area (Å²) >= 11 is 0. The van der Waals surface area contributed by atoms with Crippen molar-refractivity contribution >= 4 is 22.4 Å². The molecule has 1 saturated heterocycles. The highest BCUT2D eigenvalue weighted by atomic mass is 32.2. The summed E-state index contributed by atoms with van der Waals surface area (Å²) in [6.07, 6.45) is 1.04. The third-order valence-corrected chi connectivity index (χ3v) is 5.02. The first-order valence-corrected chi connectivity index (χ1v) is 8.18. The van der Waals surface area contributed by atoms with Crippen molar-refractivity contribution in [3.63, 3.8) is 0 Å². The van der Waals surface area contributed by atoms with Crippen molar-refractivity contribution in [2.75, 3.05) is 6.26 Å². The molecule has 1 fully saturated rings. The predicted molar refractivity (Wildman–Crippen MR) is 75.2 cm³/mol. The Morgan fingerprint density at radius 3 is 2.00 bits per heavy atom. The zero-order chi connectivity index (χ0) is 15.3. The molecule has 0 saturated carbocycles. The Balaban J connectivity index is 2.37. The first-order valence-electron chi connectivity index (χ1n) is 6.29. The molecule has 1 aromatic carbocycles. The Kier molecular flexibility index (Phi) is 3.52. The van der Waals surface area contributed by atoms with E-state index in [-0.39, 0.29) is 10.4 Å². The third kappa shape index (κ3) is 2.62. The first kappa shape index (κ1) is 15.5. The largest absolute Gasteiger partial charge is 0.497 e. The van der Waals surface area contributed by atoms with E-state index in [1.54, 1.807) is 0 Å². The topological polar surface area (TPSA) is 52.6 Å². The van der Waals surface area contributed by atoms with Gasteiger partial charge in [0.15, 0.2) is 9.84 Å². The summed E-state index contributed by atoms with van der Waals surface area (Å²) in [5, 5.41) is 0. The molecule has 0 amide bonds. The van der Waals surface area contributed by atoms with Gasteiger partial charge in [-0.15, -0.1) is 0 Å². The van der Waals surface area contributed by atoms with Gasteiger partial charge >= 0.3 is 7.12 Å². The standard InChI is InChI=1S/C13H18BFO4S/c1-12(2)13(3,4)19-14(18-12)10-7-6-9(8-11(10)15)20(5,16)17/h6-8H,1-5H3. The first-order chi connectivity index (χ1) is 8.94. The fourth-order valence-corrected chi connectivity index (χ4v) is 2.53. The van der Waals surface area contributed by atoms with Crippen molar-refractivity contribution in [1.29, 1.82) is 0 Å². The van der Waals surface area contributed by atoms with Crippen LogP contribution in [0.3, 0.4) is 0 Å². The summed E-state index contributed by atoms with van der Waals surface area (Å²) in [5.41, 5.74) is -0.935. The molecule has 0 aromatic heterocycles. The van der Waals surface area contributed by atoms with Crippen molar-refractivity contribution < 1.29 is 22.1 Å². The second-order valence-corrected chi connectivity index (χ2v) is 8.06. The smallest absolute Gasteiger partial charge is 0.399 e. The van der Waals surface area contributed by atoms with Gasteiger partial charge in [0.2, 0.25) is 0 Å². The van der Waals surface area contributed by atoms with Crippen LogP contribution in [-0.4, -0.2) is 33.0 Å². The lowest BCUT2D eigenvalue weighted by molar-refractivity contribution is 0.00578. The van der Waals surface area contributed by atoms with E-state index in [1.807, 2.05) is 27.7 Å². The monoisotopic (exact) mass is 300 g/mol. The van der Waals surface area contributed by atoms with E-state index in [9.17, 15) is 12.8 Å². The fourth-order valence-electron chi connectivity index (χ4n) is 1.90. The molecule has 0 aliphatic carbocycles. The maximum absolute atomic E-state index is 14.1. The van der Waals surface area contributed by atoms with Gasteiger partial charge in [-0.25, -0.2) is 12.8 Å². The van der Waals surface area contributed by atoms with E-state index in [4.69, 9.17) is 9.31 Å². The third-order valence-electron chi connectivity index (χ3n) is 3.91. The summed E-state index contributed by atoms with van der Waals surface area (Å²) in [6.45, 7) is 7.48. The van der Waals surface area contributed by atoms with Gasteiger partial charge in [-0.2, -0.15) is 0 Å². The SMILES string of the molecule is CC1(C)OB(c2ccc(S(C)(=O)=O)cc2F)OC1(C)C. The van der Waals surface area contributed by atoms with Crippen LogP contribution in [0.5, 0.6) is 0 Å². The number of hydrogen-bond acceptors (Lipinski definition) is 4. The molecule has 0 N–H and O–H groups in total. The van der Waals surface area contributed by atoms with Crippen LogP contribution in [-0.2, 0) is 19.1 Å². The summed E-state index contributed by atoms with van der Waals surface area (Å²) in [4.78, 5) is -0.0599. The van der Waals surface area contributed by atoms with Crippen molar-refractivity contribution in [3.8, 4) is 0 Å². The molecular weight excluding hydrogens is 282 g/mol. The lowest BCUT2D eigenvalue weighted by Gasteiger charge is -2.32. The average molecular weight is 300 g/mol. The van der Waals surface area contributed by atoms with Crippen molar-refractivity contribution in [1.82, 2.24) is 0 Å². The van der Waals surface area contributed by atoms with E-state index >= 15 is 0 Å². The van der Waals surface area contributed by atoms with Crippen molar-refractivity contribution in [2.45, 2.75) is 43.8 Å². The average Bonchev–Trinajstić information content (AvgIpc) is 2.46. The lowest BCUT2D eigenvalue weighted by Crippen LogP contribution is -2.41. The minimum absolute atomic E-state index is 0.0599. The molecule has 1 aliphatic rings. The van der Waals surface area contributed by atoms with Crippen LogP contribution in [0.25, 0.3) is 0 Å². The van der Waals surface area contributed by atoms with E-state index in [1.165, 1.54) is 12.1 Å². The Hall–Kier alpha value is -0.915. The van der Waals surface area contributed by atoms with Gasteiger partial charge in [-0.3, -0.25) is 0 Å².